The van der Waals surface area contributed by atoms with E-state index in [4.69, 9.17) is 15.0 Å². The van der Waals surface area contributed by atoms with Gasteiger partial charge >= 0.3 is 0 Å². The molecule has 0 fully saturated rings. The van der Waals surface area contributed by atoms with Gasteiger partial charge in [-0.25, -0.2) is 15.0 Å². The van der Waals surface area contributed by atoms with Gasteiger partial charge in [-0.05, 0) is 115 Å². The van der Waals surface area contributed by atoms with E-state index < -0.39 is 0 Å². The van der Waals surface area contributed by atoms with Gasteiger partial charge in [0.05, 0.1) is 11.0 Å². The van der Waals surface area contributed by atoms with Crippen LogP contribution in [0.3, 0.4) is 0 Å². The second-order valence-corrected chi connectivity index (χ2v) is 19.2. The molecule has 0 aliphatic heterocycles. The van der Waals surface area contributed by atoms with Crippen molar-refractivity contribution in [2.45, 2.75) is 38.5 Å². The molecule has 0 N–H and O–H groups in total. The van der Waals surface area contributed by atoms with Crippen molar-refractivity contribution < 1.29 is 0 Å². The first-order valence-corrected chi connectivity index (χ1v) is 23.3. The van der Waals surface area contributed by atoms with E-state index in [1.165, 1.54) is 94.3 Å². The van der Waals surface area contributed by atoms with Gasteiger partial charge in [-0.15, -0.1) is 0 Å². The van der Waals surface area contributed by atoms with Crippen molar-refractivity contribution in [3.63, 3.8) is 0 Å². The second kappa shape index (κ2) is 14.7. The van der Waals surface area contributed by atoms with Gasteiger partial charge in [-0.1, -0.05) is 185 Å². The molecule has 0 spiro atoms. The summed E-state index contributed by atoms with van der Waals surface area (Å²) in [6, 6.07) is 74.8. The molecular weight excluding hydrogens is 813 g/mol. The van der Waals surface area contributed by atoms with Crippen LogP contribution in [-0.2, 0) is 10.8 Å². The van der Waals surface area contributed by atoms with Crippen molar-refractivity contribution in [2.24, 2.45) is 0 Å². The van der Waals surface area contributed by atoms with Gasteiger partial charge in [0.2, 0.25) is 0 Å². The summed E-state index contributed by atoms with van der Waals surface area (Å²) in [5, 5.41) is 2.56. The van der Waals surface area contributed by atoms with Crippen LogP contribution in [0.2, 0.25) is 0 Å². The predicted molar refractivity (Wildman–Crippen MR) is 276 cm³/mol. The van der Waals surface area contributed by atoms with E-state index in [1.807, 2.05) is 36.4 Å². The Hall–Kier alpha value is -8.21. The van der Waals surface area contributed by atoms with Crippen LogP contribution in [0.15, 0.2) is 206 Å². The zero-order valence-electron chi connectivity index (χ0n) is 37.9. The van der Waals surface area contributed by atoms with E-state index >= 15 is 0 Å². The molecule has 2 aromatic heterocycles. The van der Waals surface area contributed by atoms with Crippen LogP contribution >= 0.6 is 0 Å². The van der Waals surface area contributed by atoms with E-state index in [2.05, 4.69) is 202 Å². The van der Waals surface area contributed by atoms with Crippen LogP contribution in [0.25, 0.3) is 106 Å². The minimum Gasteiger partial charge on any atom is -0.309 e. The lowest BCUT2D eigenvalue weighted by Gasteiger charge is -2.23. The molecule has 4 heteroatoms. The Labute approximate surface area is 391 Å². The molecule has 13 rings (SSSR count). The van der Waals surface area contributed by atoms with Crippen molar-refractivity contribution in [1.82, 2.24) is 19.5 Å². The lowest BCUT2D eigenvalue weighted by Crippen LogP contribution is -2.15. The molecule has 0 atom stereocenters. The van der Waals surface area contributed by atoms with Gasteiger partial charge in [-0.3, -0.25) is 0 Å². The minimum atomic E-state index is -0.242. The average molecular weight is 859 g/mol. The quantitative estimate of drug-likeness (QED) is 0.167. The van der Waals surface area contributed by atoms with E-state index in [9.17, 15) is 0 Å². The highest BCUT2D eigenvalue weighted by atomic mass is 15.0. The number of benzene rings is 9. The zero-order valence-corrected chi connectivity index (χ0v) is 37.9. The number of aromatic nitrogens is 4. The molecule has 0 amide bonds. The molecule has 0 saturated carbocycles. The fraction of sp³-hybridized carbons (Fsp3) is 0.0952. The Morgan fingerprint density at radius 1 is 0.299 bits per heavy atom. The number of nitrogens with zero attached hydrogens (tertiary/aromatic N) is 4. The molecule has 11 aromatic rings. The van der Waals surface area contributed by atoms with E-state index in [1.54, 1.807) is 0 Å². The first-order valence-electron chi connectivity index (χ1n) is 23.3. The summed E-state index contributed by atoms with van der Waals surface area (Å²) < 4.78 is 2.43. The molecule has 0 bridgehead atoms. The van der Waals surface area contributed by atoms with Crippen molar-refractivity contribution in [3.8, 4) is 84.4 Å². The summed E-state index contributed by atoms with van der Waals surface area (Å²) in [6.07, 6.45) is 0. The molecule has 67 heavy (non-hydrogen) atoms. The summed E-state index contributed by atoms with van der Waals surface area (Å²) >= 11 is 0. The monoisotopic (exact) mass is 858 g/mol. The maximum absolute atomic E-state index is 5.05. The topological polar surface area (TPSA) is 43.6 Å². The van der Waals surface area contributed by atoms with Crippen LogP contribution in [0.4, 0.5) is 0 Å². The van der Waals surface area contributed by atoms with E-state index in [-0.39, 0.29) is 10.8 Å². The maximum atomic E-state index is 5.05. The van der Waals surface area contributed by atoms with Crippen molar-refractivity contribution in [3.05, 3.63) is 229 Å². The third-order valence-electron chi connectivity index (χ3n) is 14.7. The fourth-order valence-electron chi connectivity index (χ4n) is 11.1. The Kier molecular flexibility index (Phi) is 8.57. The van der Waals surface area contributed by atoms with Gasteiger partial charge in [-0.2, -0.15) is 0 Å². The smallest absolute Gasteiger partial charge is 0.164 e. The summed E-state index contributed by atoms with van der Waals surface area (Å²) in [6.45, 7) is 9.45. The Balaban J connectivity index is 0.824. The molecule has 0 unspecified atom stereocenters. The molecule has 0 saturated heterocycles. The highest BCUT2D eigenvalue weighted by Crippen LogP contribution is 2.52. The van der Waals surface area contributed by atoms with Gasteiger partial charge in [0.1, 0.15) is 0 Å². The molecular formula is C63H46N4. The molecule has 9 aromatic carbocycles. The number of para-hydroxylation sites is 2. The Morgan fingerprint density at radius 2 is 0.657 bits per heavy atom. The first-order chi connectivity index (χ1) is 32.7. The maximum Gasteiger partial charge on any atom is 0.164 e. The summed E-state index contributed by atoms with van der Waals surface area (Å²) in [7, 11) is 0. The minimum absolute atomic E-state index is 0.175. The van der Waals surface area contributed by atoms with Crippen LogP contribution < -0.4 is 0 Å². The molecule has 0 radical (unpaired) electrons. The van der Waals surface area contributed by atoms with Crippen LogP contribution in [0.5, 0.6) is 0 Å². The number of hydrogen-bond donors (Lipinski definition) is 0. The highest BCUT2D eigenvalue weighted by Gasteiger charge is 2.38. The van der Waals surface area contributed by atoms with Crippen LogP contribution in [0, 0.1) is 0 Å². The number of rotatable bonds is 6. The predicted octanol–water partition coefficient (Wildman–Crippen LogP) is 15.9. The lowest BCUT2D eigenvalue weighted by molar-refractivity contribution is 0.660. The SMILES string of the molecule is CC1(C)c2cc(-c3cccc(-c4ccc5c(c4)C(C)(C)c4cc(-n6c7ccccc7c7ccccc76)ccc4-5)c3)ccc2-c2ccc(-c3nc(-c4ccccc4)nc(-c4ccccc4)n3)cc21. The third-order valence-corrected chi connectivity index (χ3v) is 14.7. The molecule has 4 nitrogen and oxygen atoms in total. The Morgan fingerprint density at radius 3 is 1.15 bits per heavy atom. The first kappa shape index (κ1) is 39.2. The van der Waals surface area contributed by atoms with Gasteiger partial charge in [0.25, 0.3) is 0 Å². The molecule has 2 heterocycles. The Bertz CT molecular complexity index is 3690. The summed E-state index contributed by atoms with van der Waals surface area (Å²) in [5.41, 5.74) is 21.5. The third kappa shape index (κ3) is 6.09. The fourth-order valence-corrected chi connectivity index (χ4v) is 11.1. The lowest BCUT2D eigenvalue weighted by atomic mass is 9.81. The van der Waals surface area contributed by atoms with Gasteiger partial charge < -0.3 is 4.57 Å². The standard InChI is InChI=1S/C63H46N4/c1-62(2)53-35-43(26-30-47(53)49-32-28-45(37-55(49)62)61-65-59(39-16-7-5-8-17-39)64-60(66-61)40-18-9-6-10-19-40)41-20-15-21-42(34-41)44-27-31-48-50-33-29-46(38-56(50)63(3,4)54(48)36-44)67-57-24-13-11-22-51(57)52-23-12-14-25-58(52)67/h5-38H,1-4H3. The zero-order chi connectivity index (χ0) is 45.0. The van der Waals surface area contributed by atoms with Gasteiger partial charge in [0.15, 0.2) is 17.5 Å². The van der Waals surface area contributed by atoms with Crippen LogP contribution in [-0.4, -0.2) is 19.5 Å². The number of fused-ring (bicyclic) bond motifs is 9. The van der Waals surface area contributed by atoms with Crippen molar-refractivity contribution >= 4 is 21.8 Å². The number of hydrogen-bond acceptors (Lipinski definition) is 3. The van der Waals surface area contributed by atoms with E-state index in [0.29, 0.717) is 17.5 Å². The second-order valence-electron chi connectivity index (χ2n) is 19.2. The average Bonchev–Trinajstić information content (AvgIpc) is 3.92. The summed E-state index contributed by atoms with van der Waals surface area (Å²) in [5.74, 6) is 2.00. The molecule has 2 aliphatic rings. The molecule has 318 valence electrons. The summed E-state index contributed by atoms with van der Waals surface area (Å²) in [4.78, 5) is 15.0. The normalized spacial score (nSPS) is 13.9. The molecule has 2 aliphatic carbocycles. The largest absolute Gasteiger partial charge is 0.309 e. The highest BCUT2D eigenvalue weighted by molar-refractivity contribution is 6.09. The van der Waals surface area contributed by atoms with Crippen molar-refractivity contribution in [1.29, 1.82) is 0 Å². The van der Waals surface area contributed by atoms with Gasteiger partial charge in [0, 0.05) is 44.0 Å². The van der Waals surface area contributed by atoms with Crippen LogP contribution in [0.1, 0.15) is 49.9 Å². The van der Waals surface area contributed by atoms with E-state index in [0.717, 1.165) is 16.7 Å². The van der Waals surface area contributed by atoms with Crippen molar-refractivity contribution in [2.75, 3.05) is 0 Å².